The number of aromatic nitrogens is 1. The molecule has 1 unspecified atom stereocenters. The lowest BCUT2D eigenvalue weighted by Crippen LogP contribution is -2.48. The van der Waals surface area contributed by atoms with Gasteiger partial charge in [0, 0.05) is 56.0 Å². The molecule has 4 rings (SSSR count). The van der Waals surface area contributed by atoms with E-state index in [4.69, 9.17) is 9.72 Å². The highest BCUT2D eigenvalue weighted by molar-refractivity contribution is 7.15. The molecule has 30 heavy (non-hydrogen) atoms. The maximum Gasteiger partial charge on any atom is 0.223 e. The molecule has 2 heterocycles. The molecule has 1 aliphatic carbocycles. The third kappa shape index (κ3) is 4.43. The zero-order valence-electron chi connectivity index (χ0n) is 17.5. The number of rotatable bonds is 5. The van der Waals surface area contributed by atoms with E-state index in [1.165, 1.54) is 4.88 Å². The summed E-state index contributed by atoms with van der Waals surface area (Å²) in [6.07, 6.45) is 2.41. The van der Waals surface area contributed by atoms with Crippen molar-refractivity contribution in [3.63, 3.8) is 0 Å². The average Bonchev–Trinajstić information content (AvgIpc) is 3.21. The van der Waals surface area contributed by atoms with Crippen molar-refractivity contribution in [3.8, 4) is 5.75 Å². The summed E-state index contributed by atoms with van der Waals surface area (Å²) < 4.78 is 5.37. The van der Waals surface area contributed by atoms with Gasteiger partial charge in [-0.3, -0.25) is 9.59 Å². The second kappa shape index (κ2) is 9.04. The molecule has 0 radical (unpaired) electrons. The molecular weight excluding hydrogens is 400 g/mol. The Hall–Kier alpha value is -2.61. The SMILES string of the molecule is COc1ccccc1CNC(=O)C1CCc2nc(N3CCN(C(C)=O)CC3)sc2C1. The lowest BCUT2D eigenvalue weighted by atomic mass is 9.90. The third-order valence-electron chi connectivity index (χ3n) is 5.94. The Kier molecular flexibility index (Phi) is 6.22. The molecule has 1 saturated heterocycles. The first-order valence-electron chi connectivity index (χ1n) is 10.4. The van der Waals surface area contributed by atoms with Crippen molar-refractivity contribution in [2.75, 3.05) is 38.2 Å². The molecule has 0 spiro atoms. The Morgan fingerprint density at radius 2 is 2.00 bits per heavy atom. The number of nitrogens with zero attached hydrogens (tertiary/aromatic N) is 3. The number of hydrogen-bond acceptors (Lipinski definition) is 6. The predicted molar refractivity (Wildman–Crippen MR) is 117 cm³/mol. The number of thiazole rings is 1. The van der Waals surface area contributed by atoms with E-state index < -0.39 is 0 Å². The first-order chi connectivity index (χ1) is 14.5. The van der Waals surface area contributed by atoms with Crippen LogP contribution in [0.2, 0.25) is 0 Å². The summed E-state index contributed by atoms with van der Waals surface area (Å²) in [5, 5.41) is 4.10. The van der Waals surface area contributed by atoms with E-state index in [9.17, 15) is 9.59 Å². The lowest BCUT2D eigenvalue weighted by molar-refractivity contribution is -0.129. The molecule has 7 nitrogen and oxygen atoms in total. The number of ether oxygens (including phenoxy) is 1. The number of aryl methyl sites for hydroxylation is 1. The van der Waals surface area contributed by atoms with E-state index in [2.05, 4.69) is 10.2 Å². The van der Waals surface area contributed by atoms with Crippen LogP contribution in [0.5, 0.6) is 5.75 Å². The number of piperazine rings is 1. The van der Waals surface area contributed by atoms with Crippen molar-refractivity contribution in [1.82, 2.24) is 15.2 Å². The molecule has 1 aromatic heterocycles. The zero-order valence-corrected chi connectivity index (χ0v) is 18.3. The van der Waals surface area contributed by atoms with E-state index in [-0.39, 0.29) is 17.7 Å². The smallest absolute Gasteiger partial charge is 0.223 e. The third-order valence-corrected chi connectivity index (χ3v) is 7.12. The van der Waals surface area contributed by atoms with Gasteiger partial charge in [-0.25, -0.2) is 4.98 Å². The largest absolute Gasteiger partial charge is 0.496 e. The van der Waals surface area contributed by atoms with Crippen LogP contribution in [0.15, 0.2) is 24.3 Å². The quantitative estimate of drug-likeness (QED) is 0.791. The summed E-state index contributed by atoms with van der Waals surface area (Å²) in [5.74, 6) is 1.00. The van der Waals surface area contributed by atoms with E-state index in [1.54, 1.807) is 25.4 Å². The topological polar surface area (TPSA) is 74.8 Å². The standard InChI is InChI=1S/C22H28N4O3S/c1-15(27)25-9-11-26(12-10-25)22-24-18-8-7-16(13-20(18)30-22)21(28)23-14-17-5-3-4-6-19(17)29-2/h3-6,16H,7-14H2,1-2H3,(H,23,28). The van der Waals surface area contributed by atoms with Crippen molar-refractivity contribution in [1.29, 1.82) is 0 Å². The molecule has 1 N–H and O–H groups in total. The normalized spacial score (nSPS) is 18.7. The van der Waals surface area contributed by atoms with Gasteiger partial charge in [-0.05, 0) is 25.3 Å². The number of amides is 2. The number of nitrogens with one attached hydrogen (secondary N) is 1. The number of methoxy groups -OCH3 is 1. The average molecular weight is 429 g/mol. The van der Waals surface area contributed by atoms with E-state index in [1.807, 2.05) is 29.2 Å². The summed E-state index contributed by atoms with van der Waals surface area (Å²) >= 11 is 1.70. The van der Waals surface area contributed by atoms with Crippen LogP contribution in [0, 0.1) is 5.92 Å². The number of fused-ring (bicyclic) bond motifs is 1. The van der Waals surface area contributed by atoms with Gasteiger partial charge in [0.25, 0.3) is 0 Å². The first kappa shape index (κ1) is 20.7. The van der Waals surface area contributed by atoms with Crippen molar-refractivity contribution in [2.24, 2.45) is 5.92 Å². The fraction of sp³-hybridized carbons (Fsp3) is 0.500. The summed E-state index contributed by atoms with van der Waals surface area (Å²) in [6, 6.07) is 7.75. The summed E-state index contributed by atoms with van der Waals surface area (Å²) in [7, 11) is 1.64. The van der Waals surface area contributed by atoms with Crippen molar-refractivity contribution >= 4 is 28.3 Å². The molecule has 8 heteroatoms. The number of para-hydroxylation sites is 1. The van der Waals surface area contributed by atoms with Crippen LogP contribution in [0.3, 0.4) is 0 Å². The molecule has 2 aliphatic rings. The Balaban J connectivity index is 1.34. The van der Waals surface area contributed by atoms with Gasteiger partial charge in [0.1, 0.15) is 5.75 Å². The van der Waals surface area contributed by atoms with Gasteiger partial charge in [-0.15, -0.1) is 11.3 Å². The van der Waals surface area contributed by atoms with Crippen LogP contribution in [0.4, 0.5) is 5.13 Å². The molecule has 1 aliphatic heterocycles. The van der Waals surface area contributed by atoms with E-state index in [0.29, 0.717) is 6.54 Å². The molecule has 1 aromatic carbocycles. The zero-order chi connectivity index (χ0) is 21.1. The first-order valence-corrected chi connectivity index (χ1v) is 11.3. The van der Waals surface area contributed by atoms with E-state index >= 15 is 0 Å². The minimum absolute atomic E-state index is 0.0185. The molecule has 160 valence electrons. The molecule has 2 aromatic rings. The van der Waals surface area contributed by atoms with Gasteiger partial charge in [-0.1, -0.05) is 18.2 Å². The second-order valence-corrected chi connectivity index (χ2v) is 8.89. The van der Waals surface area contributed by atoms with Gasteiger partial charge in [0.05, 0.1) is 12.8 Å². The van der Waals surface area contributed by atoms with Crippen LogP contribution in [0.1, 0.15) is 29.5 Å². The number of benzene rings is 1. The minimum Gasteiger partial charge on any atom is -0.496 e. The van der Waals surface area contributed by atoms with Crippen molar-refractivity contribution in [3.05, 3.63) is 40.4 Å². The van der Waals surface area contributed by atoms with Crippen molar-refractivity contribution in [2.45, 2.75) is 32.7 Å². The lowest BCUT2D eigenvalue weighted by Gasteiger charge is -2.33. The Bertz CT molecular complexity index is 921. The minimum atomic E-state index is -0.0185. The Morgan fingerprint density at radius 1 is 1.23 bits per heavy atom. The molecule has 0 bridgehead atoms. The molecule has 1 fully saturated rings. The fourth-order valence-corrected chi connectivity index (χ4v) is 5.35. The summed E-state index contributed by atoms with van der Waals surface area (Å²) in [5.41, 5.74) is 2.12. The Morgan fingerprint density at radius 3 is 2.73 bits per heavy atom. The highest BCUT2D eigenvalue weighted by Crippen LogP contribution is 2.34. The summed E-state index contributed by atoms with van der Waals surface area (Å²) in [6.45, 7) is 5.21. The van der Waals surface area contributed by atoms with Crippen LogP contribution >= 0.6 is 11.3 Å². The fourth-order valence-electron chi connectivity index (χ4n) is 4.11. The van der Waals surface area contributed by atoms with Gasteiger partial charge in [0.2, 0.25) is 11.8 Å². The molecule has 2 amide bonds. The molecule has 1 atom stereocenters. The number of carbonyl (C=O) groups is 2. The van der Waals surface area contributed by atoms with Crippen LogP contribution in [-0.4, -0.2) is 55.0 Å². The molecular formula is C22H28N4O3S. The van der Waals surface area contributed by atoms with Gasteiger partial charge in [0.15, 0.2) is 5.13 Å². The van der Waals surface area contributed by atoms with Crippen LogP contribution in [0.25, 0.3) is 0 Å². The molecule has 0 saturated carbocycles. The highest BCUT2D eigenvalue weighted by atomic mass is 32.1. The summed E-state index contributed by atoms with van der Waals surface area (Å²) in [4.78, 5) is 34.5. The van der Waals surface area contributed by atoms with E-state index in [0.717, 1.165) is 67.6 Å². The van der Waals surface area contributed by atoms with Crippen LogP contribution < -0.4 is 15.0 Å². The second-order valence-electron chi connectivity index (χ2n) is 7.83. The monoisotopic (exact) mass is 428 g/mol. The predicted octanol–water partition coefficient (Wildman–Crippen LogP) is 2.24. The highest BCUT2D eigenvalue weighted by Gasteiger charge is 2.29. The maximum atomic E-state index is 12.8. The van der Waals surface area contributed by atoms with Gasteiger partial charge in [-0.2, -0.15) is 0 Å². The van der Waals surface area contributed by atoms with Gasteiger partial charge < -0.3 is 19.9 Å². The number of anilines is 1. The van der Waals surface area contributed by atoms with Crippen molar-refractivity contribution < 1.29 is 14.3 Å². The number of hydrogen-bond donors (Lipinski definition) is 1. The Labute approximate surface area is 181 Å². The number of carbonyl (C=O) groups excluding carboxylic acids is 2. The maximum absolute atomic E-state index is 12.8. The van der Waals surface area contributed by atoms with Crippen LogP contribution in [-0.2, 0) is 29.0 Å². The van der Waals surface area contributed by atoms with Gasteiger partial charge >= 0.3 is 0 Å².